The molecule has 0 spiro atoms. The number of halogens is 1. The number of rotatable bonds is 7. The Hall–Kier alpha value is -1.65. The van der Waals surface area contributed by atoms with Crippen LogP contribution in [-0.2, 0) is 5.60 Å². The first-order valence-electron chi connectivity index (χ1n) is 9.27. The Morgan fingerprint density at radius 1 is 1.17 bits per heavy atom. The quantitative estimate of drug-likeness (QED) is 0.322. The van der Waals surface area contributed by atoms with Crippen molar-refractivity contribution in [3.8, 4) is 0 Å². The molecule has 4 N–H and O–H groups in total. The third-order valence-corrected chi connectivity index (χ3v) is 6.10. The lowest BCUT2D eigenvalue weighted by atomic mass is 9.92. The highest BCUT2D eigenvalue weighted by Gasteiger charge is 2.21. The van der Waals surface area contributed by atoms with E-state index >= 15 is 0 Å². The summed E-state index contributed by atoms with van der Waals surface area (Å²) in [5.74, 6) is -0.336. The highest BCUT2D eigenvalue weighted by atomic mass is 32.2. The Kier molecular flexibility index (Phi) is 7.69. The largest absolute Gasteiger partial charge is 0.386 e. The van der Waals surface area contributed by atoms with Gasteiger partial charge < -0.3 is 10.4 Å². The van der Waals surface area contributed by atoms with Crippen LogP contribution in [0.1, 0.15) is 70.1 Å². The summed E-state index contributed by atoms with van der Waals surface area (Å²) in [6.45, 7) is 11.0. The highest BCUT2D eigenvalue weighted by molar-refractivity contribution is 7.98. The first kappa shape index (κ1) is 23.6. The molecule has 0 saturated heterocycles. The Balaban J connectivity index is 2.11. The number of amides is 2. The van der Waals surface area contributed by atoms with Gasteiger partial charge in [0.15, 0.2) is 0 Å². The number of urea groups is 1. The van der Waals surface area contributed by atoms with Gasteiger partial charge in [0.2, 0.25) is 0 Å². The topological polar surface area (TPSA) is 84.8 Å². The van der Waals surface area contributed by atoms with E-state index in [0.717, 1.165) is 17.5 Å². The van der Waals surface area contributed by atoms with Crippen molar-refractivity contribution >= 4 is 35.0 Å². The number of benzene rings is 1. The average molecular weight is 442 g/mol. The molecule has 2 amide bonds. The average Bonchev–Trinajstić information content (AvgIpc) is 3.04. The number of anilines is 1. The van der Waals surface area contributed by atoms with E-state index in [9.17, 15) is 19.5 Å². The fraction of sp³-hybridized carbons (Fsp3) is 0.450. The second-order valence-corrected chi connectivity index (χ2v) is 10.1. The van der Waals surface area contributed by atoms with Crippen molar-refractivity contribution in [3.05, 3.63) is 46.1 Å². The number of nitrogens with one attached hydrogen (secondary N) is 2. The monoisotopic (exact) mass is 441 g/mol. The summed E-state index contributed by atoms with van der Waals surface area (Å²) in [5.41, 5.74) is 3.99. The standard InChI is InChI=1S/C20H28FN3O3S2/c1-11(2)15-8-14(21)9-16(12(3)4)18(15)22-19(25)23-24(27)29-17-7-13(10-28-17)20(5,6)26/h7-12,26-27H,1-6H3,(H2,22,23,25). The Bertz CT molecular complexity index is 834. The molecule has 1 aromatic carbocycles. The van der Waals surface area contributed by atoms with Crippen LogP contribution in [0.5, 0.6) is 0 Å². The van der Waals surface area contributed by atoms with Crippen LogP contribution in [0.4, 0.5) is 14.9 Å². The number of nitrogens with zero attached hydrogens (tertiary/aromatic N) is 1. The summed E-state index contributed by atoms with van der Waals surface area (Å²) in [4.78, 5) is 12.4. The van der Waals surface area contributed by atoms with Crippen molar-refractivity contribution in [1.29, 1.82) is 0 Å². The molecular weight excluding hydrogens is 413 g/mol. The molecule has 0 fully saturated rings. The van der Waals surface area contributed by atoms with Crippen LogP contribution in [0.2, 0.25) is 0 Å². The van der Waals surface area contributed by atoms with Crippen LogP contribution in [0.15, 0.2) is 27.8 Å². The third-order valence-electron chi connectivity index (χ3n) is 4.30. The van der Waals surface area contributed by atoms with Gasteiger partial charge in [-0.15, -0.1) is 11.3 Å². The van der Waals surface area contributed by atoms with Gasteiger partial charge in [0.1, 0.15) is 5.82 Å². The molecule has 29 heavy (non-hydrogen) atoms. The second kappa shape index (κ2) is 9.44. The fourth-order valence-corrected chi connectivity index (χ4v) is 4.53. The molecule has 0 bridgehead atoms. The number of aliphatic hydroxyl groups is 1. The number of thiophene rings is 1. The van der Waals surface area contributed by atoms with Crippen molar-refractivity contribution < 1.29 is 19.5 Å². The van der Waals surface area contributed by atoms with Gasteiger partial charge in [0, 0.05) is 17.6 Å². The zero-order valence-corrected chi connectivity index (χ0v) is 19.0. The molecule has 6 nitrogen and oxygen atoms in total. The van der Waals surface area contributed by atoms with Crippen molar-refractivity contribution in [2.24, 2.45) is 0 Å². The van der Waals surface area contributed by atoms with Crippen LogP contribution >= 0.6 is 23.3 Å². The van der Waals surface area contributed by atoms with Gasteiger partial charge in [-0.2, -0.15) is 0 Å². The summed E-state index contributed by atoms with van der Waals surface area (Å²) >= 11 is 2.25. The normalized spacial score (nSPS) is 12.1. The first-order chi connectivity index (χ1) is 13.4. The van der Waals surface area contributed by atoms with Gasteiger partial charge >= 0.3 is 6.03 Å². The second-order valence-electron chi connectivity index (χ2n) is 7.91. The van der Waals surface area contributed by atoms with Crippen LogP contribution in [0.25, 0.3) is 0 Å². The van der Waals surface area contributed by atoms with Crippen LogP contribution < -0.4 is 10.7 Å². The molecule has 0 atom stereocenters. The van der Waals surface area contributed by atoms with E-state index in [-0.39, 0.29) is 17.7 Å². The minimum atomic E-state index is -0.983. The van der Waals surface area contributed by atoms with Crippen molar-refractivity contribution in [2.75, 3.05) is 5.32 Å². The molecule has 1 heterocycles. The van der Waals surface area contributed by atoms with E-state index in [2.05, 4.69) is 10.7 Å². The number of hydrazine groups is 1. The maximum absolute atomic E-state index is 14.0. The summed E-state index contributed by atoms with van der Waals surface area (Å²) < 4.78 is 15.3. The zero-order chi connectivity index (χ0) is 21.9. The Morgan fingerprint density at radius 3 is 2.17 bits per heavy atom. The zero-order valence-electron chi connectivity index (χ0n) is 17.4. The van der Waals surface area contributed by atoms with Crippen molar-refractivity contribution in [3.63, 3.8) is 0 Å². The van der Waals surface area contributed by atoms with E-state index < -0.39 is 11.6 Å². The number of carbonyl (C=O) groups is 1. The summed E-state index contributed by atoms with van der Waals surface area (Å²) in [6, 6.07) is 3.93. The van der Waals surface area contributed by atoms with Crippen LogP contribution in [0.3, 0.4) is 0 Å². The predicted octanol–water partition coefficient (Wildman–Crippen LogP) is 5.80. The highest BCUT2D eigenvalue weighted by Crippen LogP contribution is 2.34. The van der Waals surface area contributed by atoms with Gasteiger partial charge in [-0.3, -0.25) is 5.21 Å². The van der Waals surface area contributed by atoms with Crippen LogP contribution in [0, 0.1) is 5.82 Å². The molecule has 9 heteroatoms. The molecule has 160 valence electrons. The maximum Gasteiger partial charge on any atom is 0.336 e. The Morgan fingerprint density at radius 2 is 1.72 bits per heavy atom. The molecule has 1 aromatic heterocycles. The van der Waals surface area contributed by atoms with Gasteiger partial charge in [-0.05, 0) is 70.5 Å². The van der Waals surface area contributed by atoms with E-state index in [1.807, 2.05) is 27.7 Å². The number of hydrogen-bond acceptors (Lipinski definition) is 6. The Labute approximate surface area is 179 Å². The molecule has 2 aromatic rings. The molecule has 0 aliphatic rings. The van der Waals surface area contributed by atoms with E-state index in [0.29, 0.717) is 25.6 Å². The minimum absolute atomic E-state index is 0.00415. The first-order valence-corrected chi connectivity index (χ1v) is 10.9. The minimum Gasteiger partial charge on any atom is -0.386 e. The molecular formula is C20H28FN3O3S2. The molecule has 2 rings (SSSR count). The molecule has 0 aliphatic carbocycles. The fourth-order valence-electron chi connectivity index (χ4n) is 2.73. The lowest BCUT2D eigenvalue weighted by Gasteiger charge is -2.21. The maximum atomic E-state index is 14.0. The predicted molar refractivity (Wildman–Crippen MR) is 116 cm³/mol. The molecule has 0 aliphatic heterocycles. The summed E-state index contributed by atoms with van der Waals surface area (Å²) in [5, 5.41) is 24.6. The number of carbonyl (C=O) groups excluding carboxylic acids is 1. The lowest BCUT2D eigenvalue weighted by Crippen LogP contribution is -2.38. The van der Waals surface area contributed by atoms with Crippen molar-refractivity contribution in [2.45, 2.75) is 63.2 Å². The third kappa shape index (κ3) is 6.42. The lowest BCUT2D eigenvalue weighted by molar-refractivity contribution is -0.0160. The molecule has 0 radical (unpaired) electrons. The van der Waals surface area contributed by atoms with Gasteiger partial charge in [0.05, 0.1) is 9.81 Å². The molecule has 0 unspecified atom stereocenters. The van der Waals surface area contributed by atoms with Gasteiger partial charge in [-0.1, -0.05) is 27.7 Å². The van der Waals surface area contributed by atoms with E-state index in [4.69, 9.17) is 0 Å². The smallest absolute Gasteiger partial charge is 0.336 e. The summed E-state index contributed by atoms with van der Waals surface area (Å²) in [6.07, 6.45) is 0. The van der Waals surface area contributed by atoms with E-state index in [1.165, 1.54) is 23.5 Å². The number of hydrogen-bond donors (Lipinski definition) is 4. The van der Waals surface area contributed by atoms with E-state index in [1.54, 1.807) is 25.3 Å². The summed E-state index contributed by atoms with van der Waals surface area (Å²) in [7, 11) is 0. The van der Waals surface area contributed by atoms with Crippen molar-refractivity contribution in [1.82, 2.24) is 10.0 Å². The van der Waals surface area contributed by atoms with Gasteiger partial charge in [0.25, 0.3) is 0 Å². The SMILES string of the molecule is CC(C)c1cc(F)cc(C(C)C)c1NC(=O)NN(O)Sc1cc(C(C)(C)O)cs1. The molecule has 0 saturated carbocycles. The van der Waals surface area contributed by atoms with Gasteiger partial charge in [-0.25, -0.2) is 14.6 Å². The van der Waals surface area contributed by atoms with Crippen LogP contribution in [-0.4, -0.2) is 20.9 Å².